The zero-order valence-electron chi connectivity index (χ0n) is 12.3. The van der Waals surface area contributed by atoms with Crippen molar-refractivity contribution < 1.29 is 27.6 Å². The van der Waals surface area contributed by atoms with Crippen molar-refractivity contribution >= 4 is 10.1 Å². The van der Waals surface area contributed by atoms with Crippen LogP contribution in [-0.2, 0) is 19.6 Å². The second-order valence-corrected chi connectivity index (χ2v) is 6.54. The zero-order valence-corrected chi connectivity index (χ0v) is 13.1. The van der Waals surface area contributed by atoms with E-state index in [1.165, 1.54) is 12.1 Å². The molecule has 0 aliphatic carbocycles. The molecule has 2 rings (SSSR count). The van der Waals surface area contributed by atoms with Crippen LogP contribution in [0.25, 0.3) is 0 Å². The molecule has 6 nitrogen and oxygen atoms in total. The quantitative estimate of drug-likeness (QED) is 0.823. The van der Waals surface area contributed by atoms with Crippen LogP contribution in [-0.4, -0.2) is 44.7 Å². The highest BCUT2D eigenvalue weighted by Gasteiger charge is 2.30. The summed E-state index contributed by atoms with van der Waals surface area (Å²) in [6.45, 7) is 5.66. The molecule has 0 unspecified atom stereocenters. The highest BCUT2D eigenvalue weighted by Crippen LogP contribution is 2.24. The van der Waals surface area contributed by atoms with Crippen molar-refractivity contribution in [2.45, 2.75) is 25.2 Å². The van der Waals surface area contributed by atoms with Crippen molar-refractivity contribution in [2.75, 3.05) is 26.6 Å². The van der Waals surface area contributed by atoms with Crippen LogP contribution < -0.4 is 0 Å². The van der Waals surface area contributed by atoms with Gasteiger partial charge in [-0.3, -0.25) is 4.55 Å². The number of benzene rings is 1. The van der Waals surface area contributed by atoms with Gasteiger partial charge in [0.1, 0.15) is 6.79 Å². The predicted octanol–water partition coefficient (Wildman–Crippen LogP) is 1.62. The van der Waals surface area contributed by atoms with Gasteiger partial charge >= 0.3 is 0 Å². The molecule has 1 heterocycles. The maximum Gasteiger partial charge on any atom is 0.294 e. The third-order valence-corrected chi connectivity index (χ3v) is 4.26. The van der Waals surface area contributed by atoms with Gasteiger partial charge in [0.05, 0.1) is 24.7 Å². The van der Waals surface area contributed by atoms with Gasteiger partial charge in [0.15, 0.2) is 0 Å². The Morgan fingerprint density at radius 3 is 2.05 bits per heavy atom. The molecule has 1 aliphatic heterocycles. The topological polar surface area (TPSA) is 93.1 Å². The third kappa shape index (κ3) is 5.72. The standard InChI is InChI=1S/C7H8O3S.C7H14O3/c1-6-2-4-7(5-3-6)11(8,9)10;1-2-7(3-8)4-9-6-10-5-7/h2-5H,1H3,(H,8,9,10);8H,2-6H2,1H3. The van der Waals surface area contributed by atoms with Gasteiger partial charge in [0.25, 0.3) is 10.1 Å². The summed E-state index contributed by atoms with van der Waals surface area (Å²) in [6, 6.07) is 5.99. The van der Waals surface area contributed by atoms with E-state index < -0.39 is 10.1 Å². The Balaban J connectivity index is 0.000000211. The Morgan fingerprint density at radius 2 is 1.71 bits per heavy atom. The second-order valence-electron chi connectivity index (χ2n) is 5.11. The zero-order chi connectivity index (χ0) is 15.9. The molecule has 0 saturated carbocycles. The lowest BCUT2D eigenvalue weighted by atomic mass is 9.88. The van der Waals surface area contributed by atoms with Gasteiger partial charge in [-0.2, -0.15) is 8.42 Å². The van der Waals surface area contributed by atoms with Crippen molar-refractivity contribution in [1.82, 2.24) is 0 Å². The van der Waals surface area contributed by atoms with Crippen LogP contribution in [0.3, 0.4) is 0 Å². The number of hydrogen-bond acceptors (Lipinski definition) is 5. The minimum atomic E-state index is -4.02. The van der Waals surface area contributed by atoms with E-state index in [9.17, 15) is 8.42 Å². The first-order valence-electron chi connectivity index (χ1n) is 6.63. The van der Waals surface area contributed by atoms with Crippen LogP contribution in [0, 0.1) is 12.3 Å². The molecule has 0 aromatic heterocycles. The third-order valence-electron chi connectivity index (χ3n) is 3.39. The molecule has 120 valence electrons. The lowest BCUT2D eigenvalue weighted by Gasteiger charge is -2.33. The molecule has 0 amide bonds. The van der Waals surface area contributed by atoms with Crippen molar-refractivity contribution in [2.24, 2.45) is 5.41 Å². The van der Waals surface area contributed by atoms with Gasteiger partial charge in [0.2, 0.25) is 0 Å². The Morgan fingerprint density at radius 1 is 1.19 bits per heavy atom. The lowest BCUT2D eigenvalue weighted by molar-refractivity contribution is -0.176. The number of rotatable bonds is 3. The van der Waals surface area contributed by atoms with Crippen molar-refractivity contribution in [1.29, 1.82) is 0 Å². The van der Waals surface area contributed by atoms with Crippen LogP contribution in [0.5, 0.6) is 0 Å². The largest absolute Gasteiger partial charge is 0.396 e. The summed E-state index contributed by atoms with van der Waals surface area (Å²) >= 11 is 0. The number of aliphatic hydroxyl groups is 1. The van der Waals surface area contributed by atoms with Gasteiger partial charge in [0, 0.05) is 5.41 Å². The SMILES string of the molecule is CCC1(CO)COCOC1.Cc1ccc(S(=O)(=O)O)cc1. The normalized spacial score (nSPS) is 17.7. The molecule has 21 heavy (non-hydrogen) atoms. The molecule has 1 aromatic rings. The van der Waals surface area contributed by atoms with E-state index in [-0.39, 0.29) is 16.9 Å². The number of ether oxygens (including phenoxy) is 2. The molecule has 0 atom stereocenters. The first kappa shape index (κ1) is 18.1. The van der Waals surface area contributed by atoms with E-state index in [1.54, 1.807) is 12.1 Å². The van der Waals surface area contributed by atoms with E-state index in [4.69, 9.17) is 19.1 Å². The molecule has 1 aliphatic rings. The van der Waals surface area contributed by atoms with Crippen molar-refractivity contribution in [3.63, 3.8) is 0 Å². The van der Waals surface area contributed by atoms with Gasteiger partial charge in [-0.25, -0.2) is 0 Å². The average Bonchev–Trinajstić information content (AvgIpc) is 2.48. The first-order valence-corrected chi connectivity index (χ1v) is 8.07. The Bertz CT molecular complexity index is 511. The van der Waals surface area contributed by atoms with Crippen LogP contribution in [0.2, 0.25) is 0 Å². The molecule has 1 fully saturated rings. The summed E-state index contributed by atoms with van der Waals surface area (Å²) in [7, 11) is -4.02. The Kier molecular flexibility index (Phi) is 6.76. The minimum absolute atomic E-state index is 0.0666. The first-order chi connectivity index (χ1) is 9.83. The summed E-state index contributed by atoms with van der Waals surface area (Å²) in [6.07, 6.45) is 0.906. The van der Waals surface area contributed by atoms with Gasteiger partial charge in [-0.05, 0) is 25.5 Å². The molecule has 0 spiro atoms. The molecule has 2 N–H and O–H groups in total. The van der Waals surface area contributed by atoms with E-state index in [0.29, 0.717) is 20.0 Å². The summed E-state index contributed by atoms with van der Waals surface area (Å²) in [4.78, 5) is -0.0666. The maximum atomic E-state index is 10.5. The average molecular weight is 318 g/mol. The summed E-state index contributed by atoms with van der Waals surface area (Å²) in [5, 5.41) is 8.98. The maximum absolute atomic E-state index is 10.5. The minimum Gasteiger partial charge on any atom is -0.396 e. The monoisotopic (exact) mass is 318 g/mol. The number of aryl methyl sites for hydroxylation is 1. The number of aliphatic hydroxyl groups excluding tert-OH is 1. The Hall–Kier alpha value is -0.990. The van der Waals surface area contributed by atoms with E-state index in [1.807, 2.05) is 13.8 Å². The Labute approximate surface area is 125 Å². The highest BCUT2D eigenvalue weighted by atomic mass is 32.2. The molecule has 0 radical (unpaired) electrons. The van der Waals surface area contributed by atoms with Crippen LogP contribution >= 0.6 is 0 Å². The van der Waals surface area contributed by atoms with E-state index >= 15 is 0 Å². The summed E-state index contributed by atoms with van der Waals surface area (Å²) in [5.41, 5.74) is 0.829. The summed E-state index contributed by atoms with van der Waals surface area (Å²) in [5.74, 6) is 0. The highest BCUT2D eigenvalue weighted by molar-refractivity contribution is 7.85. The smallest absolute Gasteiger partial charge is 0.294 e. The fourth-order valence-electron chi connectivity index (χ4n) is 1.73. The van der Waals surface area contributed by atoms with Gasteiger partial charge < -0.3 is 14.6 Å². The molecular formula is C14H22O6S. The van der Waals surface area contributed by atoms with Crippen LogP contribution in [0.15, 0.2) is 29.2 Å². The summed E-state index contributed by atoms with van der Waals surface area (Å²) < 4.78 is 39.7. The van der Waals surface area contributed by atoms with Gasteiger partial charge in [-0.1, -0.05) is 24.6 Å². The molecule has 7 heteroatoms. The van der Waals surface area contributed by atoms with Crippen LogP contribution in [0.1, 0.15) is 18.9 Å². The molecule has 0 bridgehead atoms. The second kappa shape index (κ2) is 7.86. The fraction of sp³-hybridized carbons (Fsp3) is 0.571. The van der Waals surface area contributed by atoms with E-state index in [2.05, 4.69) is 0 Å². The fourth-order valence-corrected chi connectivity index (χ4v) is 2.21. The molecule has 1 aromatic carbocycles. The van der Waals surface area contributed by atoms with Crippen molar-refractivity contribution in [3.8, 4) is 0 Å². The van der Waals surface area contributed by atoms with E-state index in [0.717, 1.165) is 12.0 Å². The predicted molar refractivity (Wildman–Crippen MR) is 77.6 cm³/mol. The lowest BCUT2D eigenvalue weighted by Crippen LogP contribution is -2.39. The van der Waals surface area contributed by atoms with Crippen molar-refractivity contribution in [3.05, 3.63) is 29.8 Å². The molecular weight excluding hydrogens is 296 g/mol. The van der Waals surface area contributed by atoms with Gasteiger partial charge in [-0.15, -0.1) is 0 Å². The number of hydrogen-bond donors (Lipinski definition) is 2. The van der Waals surface area contributed by atoms with Crippen LogP contribution in [0.4, 0.5) is 0 Å². The molecule has 1 saturated heterocycles.